The molecule has 0 spiro atoms. The number of fused-ring (bicyclic) bond motifs is 1. The highest BCUT2D eigenvalue weighted by atomic mass is 79.9. The summed E-state index contributed by atoms with van der Waals surface area (Å²) in [4.78, 5) is 13.6. The lowest BCUT2D eigenvalue weighted by molar-refractivity contribution is 0.00518. The molecule has 1 aromatic rings. The topological polar surface area (TPSA) is 60.0 Å². The average molecular weight is 385 g/mol. The van der Waals surface area contributed by atoms with Crippen molar-refractivity contribution in [1.29, 1.82) is 0 Å². The van der Waals surface area contributed by atoms with E-state index in [2.05, 4.69) is 21.2 Å². The van der Waals surface area contributed by atoms with Gasteiger partial charge in [0, 0.05) is 30.1 Å². The van der Waals surface area contributed by atoms with Gasteiger partial charge in [0.05, 0.1) is 0 Å². The van der Waals surface area contributed by atoms with Crippen molar-refractivity contribution in [3.8, 4) is 11.5 Å². The molecule has 0 aliphatic carbocycles. The number of carbonyl (C=O) groups excluding carboxylic acids is 1. The molecule has 3 rings (SSSR count). The first kappa shape index (κ1) is 16.4. The number of hydrogen-bond donors (Lipinski definition) is 1. The maximum absolute atomic E-state index is 11.9. The van der Waals surface area contributed by atoms with Gasteiger partial charge in [0.1, 0.15) is 5.60 Å². The molecule has 1 fully saturated rings. The van der Waals surface area contributed by atoms with E-state index >= 15 is 0 Å². The van der Waals surface area contributed by atoms with Crippen molar-refractivity contribution in [2.75, 3.05) is 19.9 Å². The smallest absolute Gasteiger partial charge is 0.410 e. The van der Waals surface area contributed by atoms with E-state index in [9.17, 15) is 4.79 Å². The van der Waals surface area contributed by atoms with Gasteiger partial charge >= 0.3 is 6.09 Å². The molecule has 23 heavy (non-hydrogen) atoms. The number of likely N-dealkylation sites (tertiary alicyclic amines) is 1. The van der Waals surface area contributed by atoms with Gasteiger partial charge in [0.2, 0.25) is 6.79 Å². The minimum atomic E-state index is -0.451. The number of carbonyl (C=O) groups is 1. The molecule has 0 aromatic heterocycles. The molecule has 7 heteroatoms. The Hall–Kier alpha value is -1.47. The van der Waals surface area contributed by atoms with Crippen molar-refractivity contribution in [3.63, 3.8) is 0 Å². The highest BCUT2D eigenvalue weighted by Gasteiger charge is 2.33. The second kappa shape index (κ2) is 6.20. The summed E-state index contributed by atoms with van der Waals surface area (Å²) in [6.07, 6.45) is -0.250. The van der Waals surface area contributed by atoms with Crippen LogP contribution in [0.25, 0.3) is 0 Å². The first-order valence-corrected chi connectivity index (χ1v) is 8.40. The SMILES string of the molecule is CC(C)(C)OC(=O)N1CC(NCc2cc3c(cc2Br)OCO3)C1. The van der Waals surface area contributed by atoms with Gasteiger partial charge in [-0.15, -0.1) is 0 Å². The maximum Gasteiger partial charge on any atom is 0.410 e. The second-order valence-corrected chi connectivity index (χ2v) is 7.61. The lowest BCUT2D eigenvalue weighted by atomic mass is 10.1. The quantitative estimate of drug-likeness (QED) is 0.867. The Morgan fingerprint density at radius 3 is 2.65 bits per heavy atom. The summed E-state index contributed by atoms with van der Waals surface area (Å²) < 4.78 is 17.1. The zero-order valence-electron chi connectivity index (χ0n) is 13.5. The molecule has 6 nitrogen and oxygen atoms in total. The summed E-state index contributed by atoms with van der Waals surface area (Å²) in [5.41, 5.74) is 0.650. The first-order valence-electron chi connectivity index (χ1n) is 7.61. The molecule has 1 saturated heterocycles. The van der Waals surface area contributed by atoms with Crippen LogP contribution in [-0.4, -0.2) is 42.5 Å². The predicted molar refractivity (Wildman–Crippen MR) is 88.7 cm³/mol. The van der Waals surface area contributed by atoms with E-state index < -0.39 is 5.60 Å². The molecule has 126 valence electrons. The predicted octanol–water partition coefficient (Wildman–Crippen LogP) is 2.89. The van der Waals surface area contributed by atoms with Crippen LogP contribution >= 0.6 is 15.9 Å². The zero-order chi connectivity index (χ0) is 16.6. The molecule has 0 radical (unpaired) electrons. The number of hydrogen-bond acceptors (Lipinski definition) is 5. The fraction of sp³-hybridized carbons (Fsp3) is 0.562. The Morgan fingerprint density at radius 1 is 1.35 bits per heavy atom. The Labute approximate surface area is 144 Å². The fourth-order valence-corrected chi connectivity index (χ4v) is 2.89. The minimum absolute atomic E-state index is 0.250. The molecule has 0 unspecified atom stereocenters. The minimum Gasteiger partial charge on any atom is -0.454 e. The summed E-state index contributed by atoms with van der Waals surface area (Å²) in [6, 6.07) is 4.18. The van der Waals surface area contributed by atoms with Crippen molar-refractivity contribution in [3.05, 3.63) is 22.2 Å². The van der Waals surface area contributed by atoms with Crippen LogP contribution in [0.2, 0.25) is 0 Å². The summed E-state index contributed by atoms with van der Waals surface area (Å²) in [5.74, 6) is 1.54. The van der Waals surface area contributed by atoms with Crippen molar-refractivity contribution in [1.82, 2.24) is 10.2 Å². The van der Waals surface area contributed by atoms with Crippen molar-refractivity contribution < 1.29 is 19.0 Å². The largest absolute Gasteiger partial charge is 0.454 e. The molecule has 0 saturated carbocycles. The molecular formula is C16H21BrN2O4. The van der Waals surface area contributed by atoms with Crippen molar-refractivity contribution >= 4 is 22.0 Å². The molecule has 2 heterocycles. The molecule has 2 aliphatic heterocycles. The molecule has 1 aromatic carbocycles. The number of amides is 1. The van der Waals surface area contributed by atoms with E-state index in [1.54, 1.807) is 4.90 Å². The third-order valence-corrected chi connectivity index (χ3v) is 4.39. The third-order valence-electron chi connectivity index (χ3n) is 3.66. The van der Waals surface area contributed by atoms with E-state index in [1.165, 1.54) is 0 Å². The first-order chi connectivity index (χ1) is 10.8. The van der Waals surface area contributed by atoms with Gasteiger partial charge in [-0.05, 0) is 38.5 Å². The van der Waals surface area contributed by atoms with Crippen LogP contribution in [0.5, 0.6) is 11.5 Å². The van der Waals surface area contributed by atoms with Gasteiger partial charge in [0.15, 0.2) is 11.5 Å². The van der Waals surface area contributed by atoms with Gasteiger partial charge in [-0.3, -0.25) is 0 Å². The molecule has 2 aliphatic rings. The Balaban J connectivity index is 1.47. The molecule has 0 bridgehead atoms. The third kappa shape index (κ3) is 3.90. The van der Waals surface area contributed by atoms with Crippen LogP contribution in [0.4, 0.5) is 4.79 Å². The Kier molecular flexibility index (Phi) is 4.42. The van der Waals surface area contributed by atoms with E-state index in [0.29, 0.717) is 19.6 Å². The summed E-state index contributed by atoms with van der Waals surface area (Å²) in [6.45, 7) is 7.91. The van der Waals surface area contributed by atoms with E-state index in [0.717, 1.165) is 21.5 Å². The number of nitrogens with one attached hydrogen (secondary N) is 1. The number of rotatable bonds is 3. The number of ether oxygens (including phenoxy) is 3. The number of halogens is 1. The van der Waals surface area contributed by atoms with Gasteiger partial charge in [-0.25, -0.2) is 4.79 Å². The molecular weight excluding hydrogens is 364 g/mol. The van der Waals surface area contributed by atoms with Gasteiger partial charge in [-0.1, -0.05) is 15.9 Å². The van der Waals surface area contributed by atoms with Crippen LogP contribution in [0.15, 0.2) is 16.6 Å². The standard InChI is InChI=1S/C16H21BrN2O4/c1-16(2,3)23-15(20)19-7-11(8-19)18-6-10-4-13-14(5-12(10)17)22-9-21-13/h4-5,11,18H,6-9H2,1-3H3. The van der Waals surface area contributed by atoms with Crippen LogP contribution in [0.1, 0.15) is 26.3 Å². The van der Waals surface area contributed by atoms with Crippen LogP contribution in [-0.2, 0) is 11.3 Å². The van der Waals surface area contributed by atoms with Crippen LogP contribution in [0.3, 0.4) is 0 Å². The van der Waals surface area contributed by atoms with Crippen molar-refractivity contribution in [2.45, 2.75) is 39.0 Å². The second-order valence-electron chi connectivity index (χ2n) is 6.76. The molecule has 1 N–H and O–H groups in total. The normalized spacial score (nSPS) is 17.1. The van der Waals surface area contributed by atoms with Gasteiger partial charge in [-0.2, -0.15) is 0 Å². The van der Waals surface area contributed by atoms with Crippen molar-refractivity contribution in [2.24, 2.45) is 0 Å². The Morgan fingerprint density at radius 2 is 2.00 bits per heavy atom. The highest BCUT2D eigenvalue weighted by molar-refractivity contribution is 9.10. The van der Waals surface area contributed by atoms with E-state index in [-0.39, 0.29) is 18.9 Å². The maximum atomic E-state index is 11.9. The Bertz CT molecular complexity index is 609. The van der Waals surface area contributed by atoms with E-state index in [1.807, 2.05) is 32.9 Å². The fourth-order valence-electron chi connectivity index (χ4n) is 2.43. The number of benzene rings is 1. The number of nitrogens with zero attached hydrogens (tertiary/aromatic N) is 1. The average Bonchev–Trinajstić information content (AvgIpc) is 2.81. The monoisotopic (exact) mass is 384 g/mol. The van der Waals surface area contributed by atoms with Crippen LogP contribution in [0, 0.1) is 0 Å². The summed E-state index contributed by atoms with van der Waals surface area (Å²) in [7, 11) is 0. The van der Waals surface area contributed by atoms with Gasteiger partial charge < -0.3 is 24.4 Å². The highest BCUT2D eigenvalue weighted by Crippen LogP contribution is 2.36. The summed E-state index contributed by atoms with van der Waals surface area (Å²) in [5, 5.41) is 3.44. The lowest BCUT2D eigenvalue weighted by Gasteiger charge is -2.40. The lowest BCUT2D eigenvalue weighted by Crippen LogP contribution is -2.60. The molecule has 0 atom stereocenters. The summed E-state index contributed by atoms with van der Waals surface area (Å²) >= 11 is 3.55. The van der Waals surface area contributed by atoms with Crippen LogP contribution < -0.4 is 14.8 Å². The van der Waals surface area contributed by atoms with Gasteiger partial charge in [0.25, 0.3) is 0 Å². The zero-order valence-corrected chi connectivity index (χ0v) is 15.1. The molecule has 1 amide bonds. The van der Waals surface area contributed by atoms with E-state index in [4.69, 9.17) is 14.2 Å².